The predicted octanol–water partition coefficient (Wildman–Crippen LogP) is 2.45. The number of benzene rings is 1. The highest BCUT2D eigenvalue weighted by Gasteiger charge is 2.13. The van der Waals surface area contributed by atoms with Crippen LogP contribution in [0.1, 0.15) is 15.9 Å². The SMILES string of the molecule is CN(Cc1ccc(Br)cc1)C(=O)c1cnn(C)c1. The van der Waals surface area contributed by atoms with Crippen molar-refractivity contribution in [1.82, 2.24) is 14.7 Å². The largest absolute Gasteiger partial charge is 0.337 e. The van der Waals surface area contributed by atoms with Crippen molar-refractivity contribution in [2.45, 2.75) is 6.54 Å². The van der Waals surface area contributed by atoms with E-state index in [1.807, 2.05) is 24.3 Å². The number of halogens is 1. The van der Waals surface area contributed by atoms with Crippen LogP contribution in [0.4, 0.5) is 0 Å². The molecule has 1 amide bonds. The Labute approximate surface area is 114 Å². The molecule has 2 rings (SSSR count). The molecule has 0 radical (unpaired) electrons. The molecule has 0 spiro atoms. The maximum absolute atomic E-state index is 12.1. The van der Waals surface area contributed by atoms with Gasteiger partial charge < -0.3 is 4.90 Å². The summed E-state index contributed by atoms with van der Waals surface area (Å²) in [5.74, 6) is -0.0222. The lowest BCUT2D eigenvalue weighted by Gasteiger charge is -2.16. The quantitative estimate of drug-likeness (QED) is 0.873. The standard InChI is InChI=1S/C13H14BrN3O/c1-16(8-10-3-5-12(14)6-4-10)13(18)11-7-15-17(2)9-11/h3-7,9H,8H2,1-2H3. The Balaban J connectivity index is 2.05. The third-order valence-electron chi connectivity index (χ3n) is 2.63. The smallest absolute Gasteiger partial charge is 0.257 e. The first-order valence-electron chi connectivity index (χ1n) is 5.55. The van der Waals surface area contributed by atoms with Crippen LogP contribution in [0, 0.1) is 0 Å². The highest BCUT2D eigenvalue weighted by molar-refractivity contribution is 9.10. The van der Waals surface area contributed by atoms with Gasteiger partial charge in [0.05, 0.1) is 11.8 Å². The van der Waals surface area contributed by atoms with E-state index in [4.69, 9.17) is 0 Å². The number of hydrogen-bond acceptors (Lipinski definition) is 2. The van der Waals surface area contributed by atoms with E-state index < -0.39 is 0 Å². The molecule has 0 atom stereocenters. The zero-order valence-electron chi connectivity index (χ0n) is 10.3. The second-order valence-corrected chi connectivity index (χ2v) is 5.11. The first kappa shape index (κ1) is 12.8. The molecular formula is C13H14BrN3O. The minimum Gasteiger partial charge on any atom is -0.337 e. The highest BCUT2D eigenvalue weighted by Crippen LogP contribution is 2.12. The molecule has 0 aliphatic rings. The fourth-order valence-corrected chi connectivity index (χ4v) is 1.95. The summed E-state index contributed by atoms with van der Waals surface area (Å²) in [4.78, 5) is 13.8. The van der Waals surface area contributed by atoms with Crippen molar-refractivity contribution < 1.29 is 4.79 Å². The van der Waals surface area contributed by atoms with Gasteiger partial charge in [0.15, 0.2) is 0 Å². The van der Waals surface area contributed by atoms with Crippen molar-refractivity contribution in [3.05, 3.63) is 52.3 Å². The van der Waals surface area contributed by atoms with E-state index in [-0.39, 0.29) is 5.91 Å². The van der Waals surface area contributed by atoms with Gasteiger partial charge >= 0.3 is 0 Å². The summed E-state index contributed by atoms with van der Waals surface area (Å²) in [6, 6.07) is 7.93. The molecule has 1 aromatic heterocycles. The molecule has 4 nitrogen and oxygen atoms in total. The highest BCUT2D eigenvalue weighted by atomic mass is 79.9. The summed E-state index contributed by atoms with van der Waals surface area (Å²) in [5, 5.41) is 4.00. The first-order valence-corrected chi connectivity index (χ1v) is 6.34. The van der Waals surface area contributed by atoms with Crippen LogP contribution in [0.2, 0.25) is 0 Å². The van der Waals surface area contributed by atoms with Gasteiger partial charge in [-0.25, -0.2) is 0 Å². The number of carbonyl (C=O) groups is 1. The zero-order valence-corrected chi connectivity index (χ0v) is 11.9. The molecular weight excluding hydrogens is 294 g/mol. The van der Waals surface area contributed by atoms with Crippen LogP contribution in [0.25, 0.3) is 0 Å². The normalized spacial score (nSPS) is 10.4. The molecule has 0 saturated heterocycles. The van der Waals surface area contributed by atoms with Crippen molar-refractivity contribution >= 4 is 21.8 Å². The van der Waals surface area contributed by atoms with E-state index in [0.717, 1.165) is 10.0 Å². The number of aryl methyl sites for hydroxylation is 1. The average molecular weight is 308 g/mol. The molecule has 1 aromatic carbocycles. The van der Waals surface area contributed by atoms with Gasteiger partial charge in [-0.1, -0.05) is 28.1 Å². The predicted molar refractivity (Wildman–Crippen MR) is 73.1 cm³/mol. The van der Waals surface area contributed by atoms with E-state index in [9.17, 15) is 4.79 Å². The fourth-order valence-electron chi connectivity index (χ4n) is 1.69. The lowest BCUT2D eigenvalue weighted by atomic mass is 10.2. The van der Waals surface area contributed by atoms with Gasteiger partial charge in [0, 0.05) is 31.3 Å². The van der Waals surface area contributed by atoms with E-state index in [2.05, 4.69) is 21.0 Å². The molecule has 0 bridgehead atoms. The van der Waals surface area contributed by atoms with Crippen LogP contribution in [0.5, 0.6) is 0 Å². The van der Waals surface area contributed by atoms with Crippen LogP contribution in [-0.4, -0.2) is 27.6 Å². The topological polar surface area (TPSA) is 38.1 Å². The lowest BCUT2D eigenvalue weighted by Crippen LogP contribution is -2.25. The van der Waals surface area contributed by atoms with Gasteiger partial charge in [-0.15, -0.1) is 0 Å². The number of rotatable bonds is 3. The Morgan fingerprint density at radius 1 is 1.39 bits per heavy atom. The third-order valence-corrected chi connectivity index (χ3v) is 3.16. The Morgan fingerprint density at radius 3 is 2.61 bits per heavy atom. The summed E-state index contributed by atoms with van der Waals surface area (Å²) in [7, 11) is 3.59. The summed E-state index contributed by atoms with van der Waals surface area (Å²) in [5.41, 5.74) is 1.70. The van der Waals surface area contributed by atoms with Gasteiger partial charge in [0.2, 0.25) is 0 Å². The molecule has 1 heterocycles. The summed E-state index contributed by atoms with van der Waals surface area (Å²) >= 11 is 3.39. The Bertz CT molecular complexity index is 548. The Hall–Kier alpha value is -1.62. The van der Waals surface area contributed by atoms with E-state index in [1.54, 1.807) is 36.1 Å². The monoisotopic (exact) mass is 307 g/mol. The van der Waals surface area contributed by atoms with E-state index in [1.165, 1.54) is 0 Å². The van der Waals surface area contributed by atoms with Crippen molar-refractivity contribution in [3.63, 3.8) is 0 Å². The van der Waals surface area contributed by atoms with Crippen LogP contribution < -0.4 is 0 Å². The van der Waals surface area contributed by atoms with Crippen LogP contribution in [0.15, 0.2) is 41.1 Å². The fraction of sp³-hybridized carbons (Fsp3) is 0.231. The molecule has 0 saturated carbocycles. The lowest BCUT2D eigenvalue weighted by molar-refractivity contribution is 0.0785. The number of hydrogen-bond donors (Lipinski definition) is 0. The maximum atomic E-state index is 12.1. The molecule has 0 aliphatic carbocycles. The van der Waals surface area contributed by atoms with Crippen molar-refractivity contribution in [1.29, 1.82) is 0 Å². The van der Waals surface area contributed by atoms with Crippen LogP contribution in [0.3, 0.4) is 0 Å². The van der Waals surface area contributed by atoms with Crippen molar-refractivity contribution in [3.8, 4) is 0 Å². The van der Waals surface area contributed by atoms with Crippen molar-refractivity contribution in [2.75, 3.05) is 7.05 Å². The second-order valence-electron chi connectivity index (χ2n) is 4.19. The second kappa shape index (κ2) is 5.35. The third kappa shape index (κ3) is 2.98. The van der Waals surface area contributed by atoms with Crippen molar-refractivity contribution in [2.24, 2.45) is 7.05 Å². The van der Waals surface area contributed by atoms with Crippen LogP contribution >= 0.6 is 15.9 Å². The molecule has 5 heteroatoms. The average Bonchev–Trinajstić information content (AvgIpc) is 2.78. The molecule has 0 unspecified atom stereocenters. The molecule has 2 aromatic rings. The Kier molecular flexibility index (Phi) is 3.81. The number of nitrogens with zero attached hydrogens (tertiary/aromatic N) is 3. The number of amides is 1. The van der Waals surface area contributed by atoms with Gasteiger partial charge in [-0.3, -0.25) is 9.48 Å². The van der Waals surface area contributed by atoms with Gasteiger partial charge in [-0.05, 0) is 17.7 Å². The maximum Gasteiger partial charge on any atom is 0.257 e. The summed E-state index contributed by atoms with van der Waals surface area (Å²) < 4.78 is 2.66. The summed E-state index contributed by atoms with van der Waals surface area (Å²) in [6.07, 6.45) is 3.31. The minimum atomic E-state index is -0.0222. The number of aromatic nitrogens is 2. The number of carbonyl (C=O) groups excluding carboxylic acids is 1. The van der Waals surface area contributed by atoms with Gasteiger partial charge in [0.1, 0.15) is 0 Å². The minimum absolute atomic E-state index is 0.0222. The van der Waals surface area contributed by atoms with E-state index in [0.29, 0.717) is 12.1 Å². The van der Waals surface area contributed by atoms with Gasteiger partial charge in [-0.2, -0.15) is 5.10 Å². The van der Waals surface area contributed by atoms with E-state index >= 15 is 0 Å². The van der Waals surface area contributed by atoms with Gasteiger partial charge in [0.25, 0.3) is 5.91 Å². The Morgan fingerprint density at radius 2 is 2.06 bits per heavy atom. The molecule has 0 N–H and O–H groups in total. The van der Waals surface area contributed by atoms with Crippen LogP contribution in [-0.2, 0) is 13.6 Å². The summed E-state index contributed by atoms with van der Waals surface area (Å²) in [6.45, 7) is 0.584. The zero-order chi connectivity index (χ0) is 13.1. The molecule has 94 valence electrons. The molecule has 0 fully saturated rings. The molecule has 18 heavy (non-hydrogen) atoms. The molecule has 0 aliphatic heterocycles. The first-order chi connectivity index (χ1) is 8.56.